The molecule has 6 nitrogen and oxygen atoms in total. The van der Waals surface area contributed by atoms with Crippen LogP contribution < -0.4 is 4.74 Å². The molecular formula is C23H24N2O4. The third-order valence-electron chi connectivity index (χ3n) is 5.58. The average Bonchev–Trinajstić information content (AvgIpc) is 3.36. The van der Waals surface area contributed by atoms with E-state index in [1.54, 1.807) is 47.5 Å². The first-order valence-electron chi connectivity index (χ1n) is 10.1. The maximum atomic E-state index is 13.0. The molecule has 1 aliphatic carbocycles. The standard InChI is InChI=1S/C23H24N2O4/c1-2-29-17-11-7-8-15(14-17)21(26)19-20(18-12-5-6-13-24-18)25(23(28)22(19)27)16-9-3-4-10-16/h5-8,11-14,16,20,26H,2-4,9-10H2,1H3/b21-19-. The lowest BCUT2D eigenvalue weighted by atomic mass is 9.97. The summed E-state index contributed by atoms with van der Waals surface area (Å²) >= 11 is 0. The van der Waals surface area contributed by atoms with Gasteiger partial charge in [-0.2, -0.15) is 0 Å². The molecular weight excluding hydrogens is 368 g/mol. The molecule has 1 aromatic carbocycles. The summed E-state index contributed by atoms with van der Waals surface area (Å²) in [5, 5.41) is 11.1. The summed E-state index contributed by atoms with van der Waals surface area (Å²) in [6, 6.07) is 11.6. The van der Waals surface area contributed by atoms with Crippen LogP contribution in [0.1, 0.15) is 49.9 Å². The molecule has 150 valence electrons. The molecule has 2 aliphatic rings. The number of likely N-dealkylation sites (tertiary alicyclic amines) is 1. The predicted octanol–water partition coefficient (Wildman–Crippen LogP) is 3.84. The fourth-order valence-electron chi connectivity index (χ4n) is 4.29. The van der Waals surface area contributed by atoms with Crippen molar-refractivity contribution in [3.05, 3.63) is 65.5 Å². The number of carbonyl (C=O) groups excluding carboxylic acids is 2. The molecule has 0 bridgehead atoms. The SMILES string of the molecule is CCOc1cccc(/C(O)=C2/C(=O)C(=O)N(C3CCCC3)C2c2ccccn2)c1. The van der Waals surface area contributed by atoms with Gasteiger partial charge >= 0.3 is 0 Å². The topological polar surface area (TPSA) is 79.7 Å². The molecule has 1 saturated heterocycles. The van der Waals surface area contributed by atoms with Gasteiger partial charge < -0.3 is 14.7 Å². The summed E-state index contributed by atoms with van der Waals surface area (Å²) in [6.45, 7) is 2.37. The maximum Gasteiger partial charge on any atom is 0.295 e. The van der Waals surface area contributed by atoms with Crippen molar-refractivity contribution in [2.45, 2.75) is 44.7 Å². The number of hydrogen-bond donors (Lipinski definition) is 1. The zero-order chi connectivity index (χ0) is 20.4. The van der Waals surface area contributed by atoms with Crippen LogP contribution >= 0.6 is 0 Å². The van der Waals surface area contributed by atoms with Crippen molar-refractivity contribution < 1.29 is 19.4 Å². The third-order valence-corrected chi connectivity index (χ3v) is 5.58. The molecule has 1 N–H and O–H groups in total. The second kappa shape index (κ2) is 8.07. The van der Waals surface area contributed by atoms with Gasteiger partial charge in [-0.25, -0.2) is 0 Å². The van der Waals surface area contributed by atoms with Crippen LogP contribution in [-0.4, -0.2) is 39.3 Å². The highest BCUT2D eigenvalue weighted by molar-refractivity contribution is 6.46. The number of nitrogens with zero attached hydrogens (tertiary/aromatic N) is 2. The number of benzene rings is 1. The number of carbonyl (C=O) groups is 2. The molecule has 2 fully saturated rings. The van der Waals surface area contributed by atoms with Crippen molar-refractivity contribution in [1.29, 1.82) is 0 Å². The zero-order valence-corrected chi connectivity index (χ0v) is 16.4. The Balaban J connectivity index is 1.85. The lowest BCUT2D eigenvalue weighted by Crippen LogP contribution is -2.37. The molecule has 1 saturated carbocycles. The monoisotopic (exact) mass is 392 g/mol. The minimum absolute atomic E-state index is 0.0153. The van der Waals surface area contributed by atoms with Gasteiger partial charge in [-0.1, -0.05) is 31.0 Å². The highest BCUT2D eigenvalue weighted by atomic mass is 16.5. The number of aliphatic hydroxyl groups excluding tert-OH is 1. The van der Waals surface area contributed by atoms with E-state index in [4.69, 9.17) is 4.74 Å². The van der Waals surface area contributed by atoms with E-state index in [0.717, 1.165) is 25.7 Å². The van der Waals surface area contributed by atoms with Gasteiger partial charge in [-0.3, -0.25) is 14.6 Å². The molecule has 2 aromatic rings. The second-order valence-corrected chi connectivity index (χ2v) is 7.36. The second-order valence-electron chi connectivity index (χ2n) is 7.36. The fourth-order valence-corrected chi connectivity index (χ4v) is 4.29. The van der Waals surface area contributed by atoms with Gasteiger partial charge in [0.1, 0.15) is 17.6 Å². The Morgan fingerprint density at radius 1 is 1.17 bits per heavy atom. The van der Waals surface area contributed by atoms with Gasteiger partial charge in [0.05, 0.1) is 17.9 Å². The molecule has 4 rings (SSSR count). The first kappa shape index (κ1) is 19.2. The molecule has 1 amide bonds. The summed E-state index contributed by atoms with van der Waals surface area (Å²) in [4.78, 5) is 32.0. The summed E-state index contributed by atoms with van der Waals surface area (Å²) in [5.41, 5.74) is 1.12. The largest absolute Gasteiger partial charge is 0.507 e. The maximum absolute atomic E-state index is 13.0. The van der Waals surface area contributed by atoms with Crippen LogP contribution in [0.15, 0.2) is 54.2 Å². The minimum Gasteiger partial charge on any atom is -0.507 e. The van der Waals surface area contributed by atoms with Gasteiger partial charge in [0.2, 0.25) is 0 Å². The van der Waals surface area contributed by atoms with Crippen molar-refractivity contribution >= 4 is 17.4 Å². The van der Waals surface area contributed by atoms with Gasteiger partial charge in [-0.05, 0) is 44.0 Å². The quantitative estimate of drug-likeness (QED) is 0.475. The Bertz CT molecular complexity index is 948. The molecule has 2 heterocycles. The molecule has 6 heteroatoms. The smallest absolute Gasteiger partial charge is 0.295 e. The number of pyridine rings is 1. The van der Waals surface area contributed by atoms with E-state index < -0.39 is 17.7 Å². The lowest BCUT2D eigenvalue weighted by molar-refractivity contribution is -0.141. The first-order chi connectivity index (χ1) is 14.1. The molecule has 1 aliphatic heterocycles. The number of ether oxygens (including phenoxy) is 1. The van der Waals surface area contributed by atoms with Crippen LogP contribution in [-0.2, 0) is 9.59 Å². The van der Waals surface area contributed by atoms with E-state index in [2.05, 4.69) is 4.98 Å². The van der Waals surface area contributed by atoms with Crippen LogP contribution in [0.4, 0.5) is 0 Å². The molecule has 0 spiro atoms. The first-order valence-corrected chi connectivity index (χ1v) is 10.1. The van der Waals surface area contributed by atoms with E-state index in [9.17, 15) is 14.7 Å². The Morgan fingerprint density at radius 2 is 1.97 bits per heavy atom. The van der Waals surface area contributed by atoms with Gasteiger partial charge in [0, 0.05) is 17.8 Å². The summed E-state index contributed by atoms with van der Waals surface area (Å²) in [6.07, 6.45) is 5.41. The number of aromatic nitrogens is 1. The van der Waals surface area contributed by atoms with Crippen LogP contribution in [0.5, 0.6) is 5.75 Å². The summed E-state index contributed by atoms with van der Waals surface area (Å²) < 4.78 is 5.51. The Kier molecular flexibility index (Phi) is 5.34. The highest BCUT2D eigenvalue weighted by Gasteiger charge is 2.49. The summed E-state index contributed by atoms with van der Waals surface area (Å²) in [5.74, 6) is -0.820. The molecule has 29 heavy (non-hydrogen) atoms. The van der Waals surface area contributed by atoms with Crippen molar-refractivity contribution in [3.8, 4) is 5.75 Å². The van der Waals surface area contributed by atoms with Gasteiger partial charge in [0.25, 0.3) is 11.7 Å². The van der Waals surface area contributed by atoms with E-state index in [0.29, 0.717) is 23.6 Å². The summed E-state index contributed by atoms with van der Waals surface area (Å²) in [7, 11) is 0. The van der Waals surface area contributed by atoms with E-state index in [1.165, 1.54) is 0 Å². The van der Waals surface area contributed by atoms with Crippen molar-refractivity contribution in [2.24, 2.45) is 0 Å². The fraction of sp³-hybridized carbons (Fsp3) is 0.348. The Hall–Kier alpha value is -3.15. The Labute approximate surface area is 169 Å². The number of hydrogen-bond acceptors (Lipinski definition) is 5. The zero-order valence-electron chi connectivity index (χ0n) is 16.4. The van der Waals surface area contributed by atoms with E-state index in [-0.39, 0.29) is 17.4 Å². The van der Waals surface area contributed by atoms with Crippen LogP contribution in [0, 0.1) is 0 Å². The molecule has 0 radical (unpaired) electrons. The number of Topliss-reactive ketones (excluding diaryl/α,β-unsaturated/α-hetero) is 1. The van der Waals surface area contributed by atoms with Crippen LogP contribution in [0.3, 0.4) is 0 Å². The van der Waals surface area contributed by atoms with Crippen LogP contribution in [0.2, 0.25) is 0 Å². The highest BCUT2D eigenvalue weighted by Crippen LogP contribution is 2.42. The van der Waals surface area contributed by atoms with Gasteiger partial charge in [0.15, 0.2) is 0 Å². The molecule has 1 unspecified atom stereocenters. The molecule has 1 atom stereocenters. The van der Waals surface area contributed by atoms with E-state index >= 15 is 0 Å². The van der Waals surface area contributed by atoms with Crippen molar-refractivity contribution in [2.75, 3.05) is 6.61 Å². The lowest BCUT2D eigenvalue weighted by Gasteiger charge is -2.30. The van der Waals surface area contributed by atoms with E-state index in [1.807, 2.05) is 13.0 Å². The average molecular weight is 392 g/mol. The van der Waals surface area contributed by atoms with Crippen molar-refractivity contribution in [1.82, 2.24) is 9.88 Å². The number of ketones is 1. The van der Waals surface area contributed by atoms with Gasteiger partial charge in [-0.15, -0.1) is 0 Å². The Morgan fingerprint density at radius 3 is 2.66 bits per heavy atom. The third kappa shape index (κ3) is 3.50. The number of aliphatic hydroxyl groups is 1. The predicted molar refractivity (Wildman–Crippen MR) is 108 cm³/mol. The minimum atomic E-state index is -0.685. The number of amides is 1. The van der Waals surface area contributed by atoms with Crippen LogP contribution in [0.25, 0.3) is 5.76 Å². The normalized spacial score (nSPS) is 21.7. The van der Waals surface area contributed by atoms with Crippen molar-refractivity contribution in [3.63, 3.8) is 0 Å². The molecule has 1 aromatic heterocycles. The number of rotatable bonds is 5.